The third kappa shape index (κ3) is 3.64. The number of carbonyl (C=O) groups excluding carboxylic acids is 2. The SMILES string of the molecule is CC(C)(O)CCNC(=O)CN1CC2(CC2)c2cc(Br)ccc2C1=O. The first-order valence-electron chi connectivity index (χ1n) is 8.29. The average molecular weight is 395 g/mol. The van der Waals surface area contributed by atoms with E-state index in [-0.39, 0.29) is 23.8 Å². The van der Waals surface area contributed by atoms with Crippen LogP contribution in [0, 0.1) is 0 Å². The molecule has 1 heterocycles. The zero-order valence-corrected chi connectivity index (χ0v) is 15.6. The second-order valence-electron chi connectivity index (χ2n) is 7.54. The fraction of sp³-hybridized carbons (Fsp3) is 0.556. The number of aliphatic hydroxyl groups is 1. The third-order valence-corrected chi connectivity index (χ3v) is 5.30. The normalized spacial score (nSPS) is 18.5. The van der Waals surface area contributed by atoms with Gasteiger partial charge in [-0.2, -0.15) is 0 Å². The maximum absolute atomic E-state index is 12.7. The molecule has 2 amide bonds. The van der Waals surface area contributed by atoms with E-state index >= 15 is 0 Å². The summed E-state index contributed by atoms with van der Waals surface area (Å²) in [5.74, 6) is -0.253. The highest BCUT2D eigenvalue weighted by atomic mass is 79.9. The van der Waals surface area contributed by atoms with E-state index in [9.17, 15) is 14.7 Å². The smallest absolute Gasteiger partial charge is 0.254 e. The first-order chi connectivity index (χ1) is 11.2. The van der Waals surface area contributed by atoms with E-state index in [0.717, 1.165) is 22.9 Å². The van der Waals surface area contributed by atoms with Crippen molar-refractivity contribution < 1.29 is 14.7 Å². The van der Waals surface area contributed by atoms with Crippen molar-refractivity contribution in [1.29, 1.82) is 0 Å². The van der Waals surface area contributed by atoms with Gasteiger partial charge in [0.25, 0.3) is 5.91 Å². The van der Waals surface area contributed by atoms with Crippen LogP contribution in [0.2, 0.25) is 0 Å². The number of hydrogen-bond acceptors (Lipinski definition) is 3. The van der Waals surface area contributed by atoms with Crippen LogP contribution in [0.25, 0.3) is 0 Å². The maximum atomic E-state index is 12.7. The van der Waals surface area contributed by atoms with Crippen molar-refractivity contribution in [2.75, 3.05) is 19.6 Å². The summed E-state index contributed by atoms with van der Waals surface area (Å²) in [4.78, 5) is 26.5. The van der Waals surface area contributed by atoms with E-state index in [1.807, 2.05) is 18.2 Å². The van der Waals surface area contributed by atoms with Gasteiger partial charge in [-0.25, -0.2) is 0 Å². The van der Waals surface area contributed by atoms with Gasteiger partial charge >= 0.3 is 0 Å². The number of benzene rings is 1. The van der Waals surface area contributed by atoms with Gasteiger partial charge in [-0.15, -0.1) is 0 Å². The highest BCUT2D eigenvalue weighted by molar-refractivity contribution is 9.10. The Labute approximate surface area is 150 Å². The van der Waals surface area contributed by atoms with Crippen molar-refractivity contribution in [2.45, 2.75) is 44.1 Å². The second-order valence-corrected chi connectivity index (χ2v) is 8.46. The van der Waals surface area contributed by atoms with Crippen LogP contribution in [0.4, 0.5) is 0 Å². The Balaban J connectivity index is 1.67. The van der Waals surface area contributed by atoms with Gasteiger partial charge in [0.15, 0.2) is 0 Å². The first kappa shape index (κ1) is 17.4. The van der Waals surface area contributed by atoms with E-state index in [4.69, 9.17) is 0 Å². The summed E-state index contributed by atoms with van der Waals surface area (Å²) in [5, 5.41) is 12.5. The highest BCUT2D eigenvalue weighted by Crippen LogP contribution is 2.52. The van der Waals surface area contributed by atoms with Gasteiger partial charge in [-0.3, -0.25) is 9.59 Å². The average Bonchev–Trinajstić information content (AvgIpc) is 3.24. The van der Waals surface area contributed by atoms with Crippen molar-refractivity contribution in [3.8, 4) is 0 Å². The first-order valence-corrected chi connectivity index (χ1v) is 9.08. The topological polar surface area (TPSA) is 69.6 Å². The van der Waals surface area contributed by atoms with Crippen molar-refractivity contribution >= 4 is 27.7 Å². The molecular weight excluding hydrogens is 372 g/mol. The van der Waals surface area contributed by atoms with Crippen LogP contribution < -0.4 is 5.32 Å². The fourth-order valence-corrected chi connectivity index (χ4v) is 3.64. The molecule has 0 bridgehead atoms. The summed E-state index contributed by atoms with van der Waals surface area (Å²) in [7, 11) is 0. The molecule has 1 saturated carbocycles. The monoisotopic (exact) mass is 394 g/mol. The molecule has 0 aromatic heterocycles. The summed E-state index contributed by atoms with van der Waals surface area (Å²) in [6.07, 6.45) is 2.59. The summed E-state index contributed by atoms with van der Waals surface area (Å²) < 4.78 is 0.984. The van der Waals surface area contributed by atoms with E-state index in [0.29, 0.717) is 25.1 Å². The van der Waals surface area contributed by atoms with Gasteiger partial charge in [-0.05, 0) is 56.9 Å². The van der Waals surface area contributed by atoms with Crippen molar-refractivity contribution in [1.82, 2.24) is 10.2 Å². The van der Waals surface area contributed by atoms with Crippen LogP contribution in [-0.2, 0) is 10.2 Å². The standard InChI is InChI=1S/C18H23BrN2O3/c1-17(2,24)7-8-20-15(22)10-21-11-18(5-6-18)14-9-12(19)3-4-13(14)16(21)23/h3-4,9,24H,5-8,10-11H2,1-2H3,(H,20,22). The van der Waals surface area contributed by atoms with Gasteiger partial charge in [0, 0.05) is 28.5 Å². The van der Waals surface area contributed by atoms with Gasteiger partial charge in [-0.1, -0.05) is 15.9 Å². The Morgan fingerprint density at radius 3 is 2.75 bits per heavy atom. The lowest BCUT2D eigenvalue weighted by Gasteiger charge is -2.34. The van der Waals surface area contributed by atoms with E-state index in [1.54, 1.807) is 18.7 Å². The molecule has 0 radical (unpaired) electrons. The maximum Gasteiger partial charge on any atom is 0.254 e. The molecule has 3 rings (SSSR count). The Hall–Kier alpha value is -1.40. The van der Waals surface area contributed by atoms with Crippen LogP contribution in [0.3, 0.4) is 0 Å². The molecule has 130 valence electrons. The Morgan fingerprint density at radius 1 is 1.42 bits per heavy atom. The quantitative estimate of drug-likeness (QED) is 0.804. The molecule has 0 saturated heterocycles. The van der Waals surface area contributed by atoms with Gasteiger partial charge in [0.05, 0.1) is 12.1 Å². The van der Waals surface area contributed by atoms with Crippen LogP contribution in [0.15, 0.2) is 22.7 Å². The lowest BCUT2D eigenvalue weighted by Crippen LogP contribution is -2.48. The lowest BCUT2D eigenvalue weighted by molar-refractivity contribution is -0.122. The minimum atomic E-state index is -0.807. The molecular formula is C18H23BrN2O3. The van der Waals surface area contributed by atoms with Crippen LogP contribution in [-0.4, -0.2) is 47.1 Å². The minimum Gasteiger partial charge on any atom is -0.390 e. The number of fused-ring (bicyclic) bond motifs is 2. The van der Waals surface area contributed by atoms with E-state index in [2.05, 4.69) is 21.2 Å². The third-order valence-electron chi connectivity index (χ3n) is 4.81. The molecule has 0 atom stereocenters. The van der Waals surface area contributed by atoms with Crippen molar-refractivity contribution in [2.24, 2.45) is 0 Å². The molecule has 1 spiro atoms. The number of amides is 2. The molecule has 1 aliphatic heterocycles. The number of nitrogens with one attached hydrogen (secondary N) is 1. The van der Waals surface area contributed by atoms with Crippen LogP contribution in [0.1, 0.15) is 49.0 Å². The number of rotatable bonds is 5. The molecule has 1 aromatic carbocycles. The van der Waals surface area contributed by atoms with Gasteiger partial charge < -0.3 is 15.3 Å². The van der Waals surface area contributed by atoms with Gasteiger partial charge in [0.1, 0.15) is 0 Å². The predicted octanol–water partition coefficient (Wildman–Crippen LogP) is 2.21. The Kier molecular flexibility index (Phi) is 4.47. The Morgan fingerprint density at radius 2 is 2.12 bits per heavy atom. The van der Waals surface area contributed by atoms with Crippen LogP contribution in [0.5, 0.6) is 0 Å². The predicted molar refractivity (Wildman–Crippen MR) is 94.9 cm³/mol. The number of hydrogen-bond donors (Lipinski definition) is 2. The van der Waals surface area contributed by atoms with E-state index in [1.165, 1.54) is 0 Å². The summed E-state index contributed by atoms with van der Waals surface area (Å²) in [5.41, 5.74) is 1.05. The summed E-state index contributed by atoms with van der Waals surface area (Å²) in [6.45, 7) is 4.49. The molecule has 1 fully saturated rings. The highest BCUT2D eigenvalue weighted by Gasteiger charge is 2.51. The number of nitrogens with zero attached hydrogens (tertiary/aromatic N) is 1. The van der Waals surface area contributed by atoms with E-state index < -0.39 is 5.60 Å². The molecule has 5 nitrogen and oxygen atoms in total. The Bertz CT molecular complexity index is 677. The molecule has 6 heteroatoms. The zero-order valence-electron chi connectivity index (χ0n) is 14.1. The largest absolute Gasteiger partial charge is 0.390 e. The second kappa shape index (κ2) is 6.15. The molecule has 2 aliphatic rings. The van der Waals surface area contributed by atoms with Crippen molar-refractivity contribution in [3.05, 3.63) is 33.8 Å². The van der Waals surface area contributed by atoms with Gasteiger partial charge in [0.2, 0.25) is 5.91 Å². The molecule has 24 heavy (non-hydrogen) atoms. The number of carbonyl (C=O) groups is 2. The number of halogens is 1. The zero-order chi connectivity index (χ0) is 17.5. The molecule has 1 aliphatic carbocycles. The molecule has 2 N–H and O–H groups in total. The van der Waals surface area contributed by atoms with Crippen LogP contribution >= 0.6 is 15.9 Å². The summed E-state index contributed by atoms with van der Waals surface area (Å²) in [6, 6.07) is 5.76. The summed E-state index contributed by atoms with van der Waals surface area (Å²) >= 11 is 3.48. The molecule has 1 aromatic rings. The lowest BCUT2D eigenvalue weighted by atomic mass is 9.86. The minimum absolute atomic E-state index is 0.0282. The van der Waals surface area contributed by atoms with Crippen molar-refractivity contribution in [3.63, 3.8) is 0 Å². The molecule has 0 unspecified atom stereocenters. The fourth-order valence-electron chi connectivity index (χ4n) is 3.28.